The molecule has 0 aromatic rings. The molecule has 0 radical (unpaired) electrons. The number of carbonyl (C=O) groups is 2. The lowest BCUT2D eigenvalue weighted by Crippen LogP contribution is -2.28. The highest BCUT2D eigenvalue weighted by Gasteiger charge is 2.19. The highest BCUT2D eigenvalue weighted by atomic mass is 16.4. The monoisotopic (exact) mass is 267 g/mol. The Morgan fingerprint density at radius 1 is 1.21 bits per heavy atom. The molecular weight excluding hydrogens is 242 g/mol. The molecule has 0 bridgehead atoms. The van der Waals surface area contributed by atoms with E-state index in [1.165, 1.54) is 32.6 Å². The fourth-order valence-corrected chi connectivity index (χ4v) is 2.68. The maximum atomic E-state index is 11.8. The van der Waals surface area contributed by atoms with Crippen molar-refractivity contribution in [1.82, 2.24) is 5.32 Å². The Morgan fingerprint density at radius 3 is 2.47 bits per heavy atom. The van der Waals surface area contributed by atoms with E-state index in [0.29, 0.717) is 18.0 Å². The van der Waals surface area contributed by atoms with Crippen molar-refractivity contribution in [2.24, 2.45) is 11.8 Å². The van der Waals surface area contributed by atoms with Crippen LogP contribution in [0.1, 0.15) is 52.9 Å². The zero-order valence-electron chi connectivity index (χ0n) is 12.2. The zero-order valence-corrected chi connectivity index (χ0v) is 12.2. The third kappa shape index (κ3) is 5.05. The predicted molar refractivity (Wildman–Crippen MR) is 74.8 cm³/mol. The number of hydrogen-bond acceptors (Lipinski definition) is 2. The number of nitrogens with one attached hydrogen (secondary N) is 1. The van der Waals surface area contributed by atoms with Gasteiger partial charge in [-0.1, -0.05) is 26.2 Å². The Balaban J connectivity index is 2.35. The topological polar surface area (TPSA) is 66.4 Å². The van der Waals surface area contributed by atoms with Crippen molar-refractivity contribution in [1.29, 1.82) is 0 Å². The van der Waals surface area contributed by atoms with E-state index in [0.717, 1.165) is 12.3 Å². The molecule has 19 heavy (non-hydrogen) atoms. The Hall–Kier alpha value is -1.32. The van der Waals surface area contributed by atoms with Crippen molar-refractivity contribution in [3.05, 3.63) is 11.1 Å². The molecule has 2 atom stereocenters. The van der Waals surface area contributed by atoms with Gasteiger partial charge in [-0.3, -0.25) is 4.79 Å². The summed E-state index contributed by atoms with van der Waals surface area (Å²) in [6, 6.07) is 0. The molecule has 0 aromatic heterocycles. The van der Waals surface area contributed by atoms with Crippen molar-refractivity contribution in [3.8, 4) is 0 Å². The quantitative estimate of drug-likeness (QED) is 0.753. The lowest BCUT2D eigenvalue weighted by atomic mass is 9.81. The van der Waals surface area contributed by atoms with Crippen LogP contribution in [0.2, 0.25) is 0 Å². The molecule has 0 aliphatic heterocycles. The number of carboxylic acids is 1. The van der Waals surface area contributed by atoms with Crippen molar-refractivity contribution in [3.63, 3.8) is 0 Å². The first-order valence-corrected chi connectivity index (χ1v) is 7.10. The summed E-state index contributed by atoms with van der Waals surface area (Å²) in [4.78, 5) is 22.5. The smallest absolute Gasteiger partial charge is 0.331 e. The summed E-state index contributed by atoms with van der Waals surface area (Å²) in [5.41, 5.74) is 0.410. The maximum Gasteiger partial charge on any atom is 0.331 e. The zero-order chi connectivity index (χ0) is 14.4. The average molecular weight is 267 g/mol. The summed E-state index contributed by atoms with van der Waals surface area (Å²) in [5.74, 6) is 0.205. The van der Waals surface area contributed by atoms with Crippen LogP contribution in [0.25, 0.3) is 0 Å². The van der Waals surface area contributed by atoms with Crippen molar-refractivity contribution >= 4 is 11.9 Å². The second-order valence-electron chi connectivity index (χ2n) is 5.74. The molecule has 1 aliphatic carbocycles. The van der Waals surface area contributed by atoms with Crippen molar-refractivity contribution in [2.45, 2.75) is 52.9 Å². The van der Waals surface area contributed by atoms with Gasteiger partial charge in [-0.05, 0) is 38.5 Å². The van der Waals surface area contributed by atoms with Gasteiger partial charge < -0.3 is 10.4 Å². The molecule has 0 spiro atoms. The summed E-state index contributed by atoms with van der Waals surface area (Å²) >= 11 is 0. The molecule has 1 amide bonds. The average Bonchev–Trinajstić information content (AvgIpc) is 2.36. The normalized spacial score (nSPS) is 24.6. The van der Waals surface area contributed by atoms with E-state index in [2.05, 4.69) is 12.2 Å². The number of carboxylic acid groups (broad SMARTS) is 1. The van der Waals surface area contributed by atoms with Crippen LogP contribution >= 0.6 is 0 Å². The van der Waals surface area contributed by atoms with Crippen LogP contribution in [0.4, 0.5) is 0 Å². The fraction of sp³-hybridized carbons (Fsp3) is 0.733. The van der Waals surface area contributed by atoms with Crippen LogP contribution in [0.15, 0.2) is 11.1 Å². The number of carbonyl (C=O) groups excluding carboxylic acids is 1. The number of aliphatic carboxylic acids is 1. The summed E-state index contributed by atoms with van der Waals surface area (Å²) in [6.07, 6.45) is 6.11. The van der Waals surface area contributed by atoms with Gasteiger partial charge in [0.2, 0.25) is 5.91 Å². The van der Waals surface area contributed by atoms with Gasteiger partial charge in [-0.25, -0.2) is 4.79 Å². The van der Waals surface area contributed by atoms with Gasteiger partial charge in [0.1, 0.15) is 0 Å². The largest absolute Gasteiger partial charge is 0.478 e. The number of rotatable bonds is 5. The van der Waals surface area contributed by atoms with Gasteiger partial charge in [-0.2, -0.15) is 0 Å². The highest BCUT2D eigenvalue weighted by Crippen LogP contribution is 2.30. The Kier molecular flexibility index (Phi) is 6.06. The number of hydrogen-bond donors (Lipinski definition) is 2. The van der Waals surface area contributed by atoms with Gasteiger partial charge in [0.15, 0.2) is 0 Å². The standard InChI is InChI=1S/C15H25NO3/c1-10-5-4-6-13(9-10)7-8-16-14(17)11(2)12(3)15(18)19/h10,13H,4-9H2,1-3H3,(H,16,17)(H,18,19). The lowest BCUT2D eigenvalue weighted by Gasteiger charge is -2.26. The molecule has 0 aromatic carbocycles. The maximum absolute atomic E-state index is 11.8. The van der Waals surface area contributed by atoms with Crippen molar-refractivity contribution < 1.29 is 14.7 Å². The van der Waals surface area contributed by atoms with E-state index in [4.69, 9.17) is 5.11 Å². The van der Waals surface area contributed by atoms with Gasteiger partial charge in [0, 0.05) is 17.7 Å². The molecule has 1 saturated carbocycles. The molecular formula is C15H25NO3. The fourth-order valence-electron chi connectivity index (χ4n) is 2.68. The first-order chi connectivity index (χ1) is 8.91. The van der Waals surface area contributed by atoms with Crippen LogP contribution in [-0.2, 0) is 9.59 Å². The molecule has 108 valence electrons. The molecule has 1 aliphatic rings. The van der Waals surface area contributed by atoms with Gasteiger partial charge in [0.25, 0.3) is 0 Å². The SMILES string of the molecule is CC(C(=O)O)=C(C)C(=O)NCCC1CCCC(C)C1. The number of amides is 1. The second kappa shape index (κ2) is 7.31. The van der Waals surface area contributed by atoms with Crippen LogP contribution in [0.5, 0.6) is 0 Å². The first-order valence-electron chi connectivity index (χ1n) is 7.10. The van der Waals surface area contributed by atoms with E-state index in [1.54, 1.807) is 6.92 Å². The van der Waals surface area contributed by atoms with E-state index in [9.17, 15) is 9.59 Å². The molecule has 0 saturated heterocycles. The molecule has 1 rings (SSSR count). The van der Waals surface area contributed by atoms with Crippen molar-refractivity contribution in [2.75, 3.05) is 6.54 Å². The van der Waals surface area contributed by atoms with E-state index < -0.39 is 5.97 Å². The summed E-state index contributed by atoms with van der Waals surface area (Å²) in [5, 5.41) is 11.6. The highest BCUT2D eigenvalue weighted by molar-refractivity contribution is 6.01. The predicted octanol–water partition coefficient (Wildman–Crippen LogP) is 2.74. The Labute approximate surface area is 115 Å². The molecule has 4 heteroatoms. The molecule has 1 fully saturated rings. The minimum Gasteiger partial charge on any atom is -0.478 e. The third-order valence-electron chi connectivity index (χ3n) is 4.11. The van der Waals surface area contributed by atoms with Gasteiger partial charge in [0.05, 0.1) is 0 Å². The van der Waals surface area contributed by atoms with Crippen LogP contribution < -0.4 is 5.32 Å². The van der Waals surface area contributed by atoms with Crippen LogP contribution in [-0.4, -0.2) is 23.5 Å². The Morgan fingerprint density at radius 2 is 1.89 bits per heavy atom. The van der Waals surface area contributed by atoms with Gasteiger partial charge in [-0.15, -0.1) is 0 Å². The lowest BCUT2D eigenvalue weighted by molar-refractivity contribution is -0.133. The van der Waals surface area contributed by atoms with E-state index in [1.807, 2.05) is 0 Å². The summed E-state index contributed by atoms with van der Waals surface area (Å²) in [6.45, 7) is 5.94. The minimum absolute atomic E-state index is 0.115. The van der Waals surface area contributed by atoms with Crippen LogP contribution in [0, 0.1) is 11.8 Å². The summed E-state index contributed by atoms with van der Waals surface area (Å²) in [7, 11) is 0. The third-order valence-corrected chi connectivity index (χ3v) is 4.11. The minimum atomic E-state index is -1.03. The molecule has 2 unspecified atom stereocenters. The summed E-state index contributed by atoms with van der Waals surface area (Å²) < 4.78 is 0. The van der Waals surface area contributed by atoms with E-state index >= 15 is 0 Å². The molecule has 4 nitrogen and oxygen atoms in total. The molecule has 0 heterocycles. The second-order valence-corrected chi connectivity index (χ2v) is 5.74. The van der Waals surface area contributed by atoms with E-state index in [-0.39, 0.29) is 11.5 Å². The van der Waals surface area contributed by atoms with Gasteiger partial charge >= 0.3 is 5.97 Å². The Bertz CT molecular complexity index is 374. The first kappa shape index (κ1) is 15.7. The van der Waals surface area contributed by atoms with Crippen LogP contribution in [0.3, 0.4) is 0 Å². The molecule has 2 N–H and O–H groups in total.